The van der Waals surface area contributed by atoms with Crippen LogP contribution in [0.15, 0.2) is 77.3 Å². The van der Waals surface area contributed by atoms with Gasteiger partial charge >= 0.3 is 6.16 Å². The van der Waals surface area contributed by atoms with Gasteiger partial charge in [0, 0.05) is 28.8 Å². The number of hydrogen-bond donors (Lipinski definition) is 0. The first-order chi connectivity index (χ1) is 17.8. The maximum atomic E-state index is 14.6. The summed E-state index contributed by atoms with van der Waals surface area (Å²) in [7, 11) is -6.39. The summed E-state index contributed by atoms with van der Waals surface area (Å²) in [5, 5.41) is 0. The fraction of sp³-hybridized carbons (Fsp3) is 0.259. The number of benzene rings is 3. The summed E-state index contributed by atoms with van der Waals surface area (Å²) < 4.78 is 50.1. The van der Waals surface area contributed by atoms with Crippen LogP contribution in [0, 0.1) is 0 Å². The molecule has 0 bridgehead atoms. The predicted molar refractivity (Wildman–Crippen MR) is 136 cm³/mol. The van der Waals surface area contributed by atoms with Crippen LogP contribution in [0.4, 0.5) is 13.6 Å². The molecule has 1 atom stereocenters. The minimum atomic E-state index is -6.39. The van der Waals surface area contributed by atoms with Gasteiger partial charge in [0.15, 0.2) is 5.78 Å². The SMILES string of the molecule is CC(C)OC(=O)OCc1c(CC(C(=O)c2ccccc2)c2ccccc2)ccc(C(F)(F)P(=O)([O-])[O-])c1Br. The van der Waals surface area contributed by atoms with Crippen LogP contribution in [0.25, 0.3) is 0 Å². The van der Waals surface area contributed by atoms with Crippen LogP contribution < -0.4 is 9.79 Å². The highest BCUT2D eigenvalue weighted by molar-refractivity contribution is 9.10. The third-order valence-electron chi connectivity index (χ3n) is 5.68. The van der Waals surface area contributed by atoms with Crippen LogP contribution in [0.5, 0.6) is 0 Å². The number of carbonyl (C=O) groups excluding carboxylic acids is 2. The zero-order chi connectivity index (χ0) is 28.1. The zero-order valence-corrected chi connectivity index (χ0v) is 22.9. The molecule has 0 spiro atoms. The van der Waals surface area contributed by atoms with Crippen molar-refractivity contribution in [1.82, 2.24) is 0 Å². The van der Waals surface area contributed by atoms with E-state index in [1.165, 1.54) is 6.07 Å². The van der Waals surface area contributed by atoms with Gasteiger partial charge < -0.3 is 23.8 Å². The molecule has 0 N–H and O–H groups in total. The third-order valence-corrected chi connectivity index (χ3v) is 7.51. The van der Waals surface area contributed by atoms with E-state index < -0.39 is 48.1 Å². The van der Waals surface area contributed by atoms with Gasteiger partial charge in [0.2, 0.25) is 0 Å². The number of Topliss-reactive ketones (excluding diaryl/α,β-unsaturated/α-hetero) is 1. The molecule has 3 aromatic carbocycles. The number of carbonyl (C=O) groups is 2. The zero-order valence-electron chi connectivity index (χ0n) is 20.4. The second kappa shape index (κ2) is 12.3. The summed E-state index contributed by atoms with van der Waals surface area (Å²) in [6.45, 7) is 2.58. The molecule has 11 heteroatoms. The summed E-state index contributed by atoms with van der Waals surface area (Å²) in [6.07, 6.45) is -1.60. The molecule has 0 amide bonds. The third kappa shape index (κ3) is 6.94. The molecule has 3 rings (SSSR count). The second-order valence-corrected chi connectivity index (χ2v) is 11.1. The van der Waals surface area contributed by atoms with Gasteiger partial charge in [0.05, 0.1) is 12.0 Å². The maximum absolute atomic E-state index is 14.6. The lowest BCUT2D eigenvalue weighted by Gasteiger charge is -2.38. The first-order valence-electron chi connectivity index (χ1n) is 11.5. The maximum Gasteiger partial charge on any atom is 0.508 e. The first-order valence-corrected chi connectivity index (χ1v) is 13.8. The average molecular weight is 609 g/mol. The monoisotopic (exact) mass is 608 g/mol. The number of ketones is 1. The Morgan fingerprint density at radius 1 is 0.974 bits per heavy atom. The normalized spacial score (nSPS) is 12.7. The van der Waals surface area contributed by atoms with Gasteiger partial charge in [-0.1, -0.05) is 72.8 Å². The van der Waals surface area contributed by atoms with Crippen LogP contribution in [0.3, 0.4) is 0 Å². The molecule has 0 aliphatic heterocycles. The molecule has 0 aliphatic carbocycles. The fourth-order valence-electron chi connectivity index (χ4n) is 3.82. The highest BCUT2D eigenvalue weighted by atomic mass is 79.9. The van der Waals surface area contributed by atoms with E-state index in [2.05, 4.69) is 15.9 Å². The molecule has 7 nitrogen and oxygen atoms in total. The van der Waals surface area contributed by atoms with Crippen molar-refractivity contribution in [2.45, 2.75) is 44.6 Å². The van der Waals surface area contributed by atoms with Gasteiger partial charge in [-0.3, -0.25) is 4.79 Å². The van der Waals surface area contributed by atoms with E-state index in [9.17, 15) is 32.7 Å². The van der Waals surface area contributed by atoms with E-state index in [0.29, 0.717) is 16.7 Å². The molecule has 1 unspecified atom stereocenters. The van der Waals surface area contributed by atoms with Crippen LogP contribution in [0.2, 0.25) is 0 Å². The van der Waals surface area contributed by atoms with Crippen LogP contribution in [-0.2, 0) is 32.7 Å². The average Bonchev–Trinajstić information content (AvgIpc) is 2.86. The first kappa shape index (κ1) is 29.6. The summed E-state index contributed by atoms with van der Waals surface area (Å²) in [6, 6.07) is 19.3. The fourth-order valence-corrected chi connectivity index (χ4v) is 5.20. The van der Waals surface area contributed by atoms with Crippen LogP contribution in [0.1, 0.15) is 52.4 Å². The summed E-state index contributed by atoms with van der Waals surface area (Å²) in [5.41, 5.74) is -4.47. The van der Waals surface area contributed by atoms with Crippen molar-refractivity contribution in [1.29, 1.82) is 0 Å². The molecule has 0 aromatic heterocycles. The Morgan fingerprint density at radius 2 is 1.55 bits per heavy atom. The van der Waals surface area contributed by atoms with E-state index in [1.807, 2.05) is 0 Å². The molecule has 0 saturated heterocycles. The van der Waals surface area contributed by atoms with Crippen molar-refractivity contribution in [2.24, 2.45) is 0 Å². The summed E-state index contributed by atoms with van der Waals surface area (Å²) in [5.74, 6) is -1.000. The Hall–Kier alpha value is -2.91. The van der Waals surface area contributed by atoms with Crippen molar-refractivity contribution in [2.75, 3.05) is 0 Å². The number of halogens is 3. The number of hydrogen-bond acceptors (Lipinski definition) is 7. The minimum absolute atomic E-state index is 0.00742. The molecule has 3 aromatic rings. The van der Waals surface area contributed by atoms with Crippen LogP contribution >= 0.6 is 23.5 Å². The Balaban J connectivity index is 2.10. The number of ether oxygens (including phenoxy) is 2. The largest absolute Gasteiger partial charge is 0.806 e. The lowest BCUT2D eigenvalue weighted by atomic mass is 9.84. The predicted octanol–water partition coefficient (Wildman–Crippen LogP) is 5.68. The van der Waals surface area contributed by atoms with Crippen LogP contribution in [-0.4, -0.2) is 18.0 Å². The van der Waals surface area contributed by atoms with Crippen molar-refractivity contribution in [3.63, 3.8) is 0 Å². The van der Waals surface area contributed by atoms with Crippen molar-refractivity contribution in [3.8, 4) is 0 Å². The Kier molecular flexibility index (Phi) is 9.59. The molecule has 0 saturated carbocycles. The molecule has 0 heterocycles. The summed E-state index contributed by atoms with van der Waals surface area (Å²) >= 11 is 2.99. The van der Waals surface area contributed by atoms with Gasteiger partial charge in [-0.25, -0.2) is 4.79 Å². The molecule has 0 fully saturated rings. The molecular formula is C27H24BrF2O7P-2. The second-order valence-electron chi connectivity index (χ2n) is 8.71. The lowest BCUT2D eigenvalue weighted by Crippen LogP contribution is -2.30. The highest BCUT2D eigenvalue weighted by Gasteiger charge is 2.39. The Morgan fingerprint density at radius 3 is 2.11 bits per heavy atom. The van der Waals surface area contributed by atoms with E-state index in [4.69, 9.17) is 9.47 Å². The molecule has 0 aliphatic rings. The summed E-state index contributed by atoms with van der Waals surface area (Å²) in [4.78, 5) is 48.3. The van der Waals surface area contributed by atoms with Gasteiger partial charge in [-0.2, -0.15) is 8.78 Å². The standard InChI is InChI=1S/C27H26BrF2O7P/c1-17(2)37-26(32)36-16-22-20(13-14-23(24(22)28)27(29,30)38(33,34)35)15-21(18-9-5-3-6-10-18)25(31)19-11-7-4-8-12-19/h3-14,17,21H,15-16H2,1-2H3,(H2,33,34,35)/p-2. The highest BCUT2D eigenvalue weighted by Crippen LogP contribution is 2.55. The van der Waals surface area contributed by atoms with Gasteiger partial charge in [-0.05, 0) is 47.3 Å². The Labute approximate surface area is 227 Å². The van der Waals surface area contributed by atoms with Gasteiger partial charge in [-0.15, -0.1) is 0 Å². The van der Waals surface area contributed by atoms with E-state index in [1.54, 1.807) is 74.5 Å². The molecule has 202 valence electrons. The van der Waals surface area contributed by atoms with E-state index >= 15 is 0 Å². The van der Waals surface area contributed by atoms with Gasteiger partial charge in [0.1, 0.15) is 6.61 Å². The smallest absolute Gasteiger partial charge is 0.508 e. The Bertz CT molecular complexity index is 1330. The van der Waals surface area contributed by atoms with Crippen molar-refractivity contribution < 1.29 is 42.2 Å². The van der Waals surface area contributed by atoms with E-state index in [-0.39, 0.29) is 17.8 Å². The van der Waals surface area contributed by atoms with E-state index in [0.717, 1.165) is 6.07 Å². The van der Waals surface area contributed by atoms with Crippen molar-refractivity contribution in [3.05, 3.63) is 105 Å². The quantitative estimate of drug-likeness (QED) is 0.165. The topological polar surface area (TPSA) is 116 Å². The molecule has 0 radical (unpaired) electrons. The number of rotatable bonds is 10. The molecular weight excluding hydrogens is 585 g/mol. The van der Waals surface area contributed by atoms with Gasteiger partial charge in [0.25, 0.3) is 5.66 Å². The molecule has 38 heavy (non-hydrogen) atoms. The number of alkyl halides is 2. The minimum Gasteiger partial charge on any atom is -0.806 e. The lowest BCUT2D eigenvalue weighted by molar-refractivity contribution is -0.335. The van der Waals surface area contributed by atoms with Crippen molar-refractivity contribution >= 4 is 35.5 Å².